The lowest BCUT2D eigenvalue weighted by molar-refractivity contribution is -0.153. The summed E-state index contributed by atoms with van der Waals surface area (Å²) in [6.07, 6.45) is 2.32. The highest BCUT2D eigenvalue weighted by Crippen LogP contribution is 2.40. The summed E-state index contributed by atoms with van der Waals surface area (Å²) in [5.41, 5.74) is 1.92. The molecule has 0 saturated heterocycles. The zero-order chi connectivity index (χ0) is 22.2. The zero-order valence-electron chi connectivity index (χ0n) is 18.0. The minimum absolute atomic E-state index is 0.0705. The van der Waals surface area contributed by atoms with E-state index in [9.17, 15) is 14.4 Å². The van der Waals surface area contributed by atoms with E-state index in [-0.39, 0.29) is 36.8 Å². The number of nitrogens with one attached hydrogen (secondary N) is 2. The van der Waals surface area contributed by atoms with Gasteiger partial charge in [0, 0.05) is 0 Å². The molecule has 1 aliphatic rings. The molecule has 2 atom stereocenters. The molecule has 1 saturated carbocycles. The maximum atomic E-state index is 12.6. The van der Waals surface area contributed by atoms with Crippen molar-refractivity contribution < 1.29 is 19.1 Å². The minimum atomic E-state index is -0.808. The SMILES string of the molecule is CC(C)[C@H](NC(=O)Cc1ccccc1)C(=O)OCC(=O)NC(c1ccccc1)C1CC1. The van der Waals surface area contributed by atoms with Gasteiger partial charge in [-0.3, -0.25) is 9.59 Å². The number of carbonyl (C=O) groups excluding carboxylic acids is 3. The highest BCUT2D eigenvalue weighted by atomic mass is 16.5. The second kappa shape index (κ2) is 10.8. The Morgan fingerprint density at radius 3 is 2.10 bits per heavy atom. The lowest BCUT2D eigenvalue weighted by Crippen LogP contribution is -2.46. The van der Waals surface area contributed by atoms with Gasteiger partial charge in [-0.2, -0.15) is 0 Å². The van der Waals surface area contributed by atoms with E-state index in [0.29, 0.717) is 5.92 Å². The Morgan fingerprint density at radius 1 is 0.903 bits per heavy atom. The summed E-state index contributed by atoms with van der Waals surface area (Å²) in [4.78, 5) is 37.4. The van der Waals surface area contributed by atoms with E-state index in [1.165, 1.54) is 0 Å². The van der Waals surface area contributed by atoms with Crippen LogP contribution in [0.2, 0.25) is 0 Å². The molecule has 3 rings (SSSR count). The van der Waals surface area contributed by atoms with Gasteiger partial charge in [-0.05, 0) is 35.8 Å². The molecule has 1 fully saturated rings. The summed E-state index contributed by atoms with van der Waals surface area (Å²) in [6, 6.07) is 18.3. The topological polar surface area (TPSA) is 84.5 Å². The van der Waals surface area contributed by atoms with E-state index in [2.05, 4.69) is 10.6 Å². The Morgan fingerprint density at radius 2 is 1.52 bits per heavy atom. The largest absolute Gasteiger partial charge is 0.454 e. The highest BCUT2D eigenvalue weighted by Gasteiger charge is 2.33. The molecular weight excluding hydrogens is 392 g/mol. The molecule has 0 aromatic heterocycles. The van der Waals surface area contributed by atoms with Gasteiger partial charge in [0.2, 0.25) is 5.91 Å². The second-order valence-electron chi connectivity index (χ2n) is 8.35. The van der Waals surface area contributed by atoms with Crippen LogP contribution in [0.3, 0.4) is 0 Å². The van der Waals surface area contributed by atoms with Crippen LogP contribution in [-0.4, -0.2) is 30.4 Å². The van der Waals surface area contributed by atoms with E-state index in [0.717, 1.165) is 24.0 Å². The highest BCUT2D eigenvalue weighted by molar-refractivity contribution is 5.87. The van der Waals surface area contributed by atoms with E-state index in [1.807, 2.05) is 74.5 Å². The third kappa shape index (κ3) is 6.95. The first-order valence-electron chi connectivity index (χ1n) is 10.8. The van der Waals surface area contributed by atoms with Gasteiger partial charge in [0.1, 0.15) is 6.04 Å². The van der Waals surface area contributed by atoms with Crippen LogP contribution in [0.4, 0.5) is 0 Å². The van der Waals surface area contributed by atoms with Crippen molar-refractivity contribution >= 4 is 17.8 Å². The molecule has 1 aliphatic carbocycles. The summed E-state index contributed by atoms with van der Waals surface area (Å²) in [5, 5.41) is 5.73. The Bertz CT molecular complexity index is 879. The number of ether oxygens (including phenoxy) is 1. The van der Waals surface area contributed by atoms with Gasteiger partial charge in [0.25, 0.3) is 5.91 Å². The molecule has 2 aromatic carbocycles. The van der Waals surface area contributed by atoms with Crippen molar-refractivity contribution in [1.29, 1.82) is 0 Å². The smallest absolute Gasteiger partial charge is 0.329 e. The molecule has 0 spiro atoms. The molecular formula is C25H30N2O4. The Balaban J connectivity index is 1.51. The number of carbonyl (C=O) groups is 3. The fourth-order valence-electron chi connectivity index (χ4n) is 3.51. The van der Waals surface area contributed by atoms with Crippen LogP contribution >= 0.6 is 0 Å². The van der Waals surface area contributed by atoms with Gasteiger partial charge < -0.3 is 15.4 Å². The van der Waals surface area contributed by atoms with Gasteiger partial charge in [-0.15, -0.1) is 0 Å². The van der Waals surface area contributed by atoms with Crippen LogP contribution in [-0.2, 0) is 25.5 Å². The second-order valence-corrected chi connectivity index (χ2v) is 8.35. The van der Waals surface area contributed by atoms with Gasteiger partial charge in [-0.25, -0.2) is 4.79 Å². The fourth-order valence-corrected chi connectivity index (χ4v) is 3.51. The molecule has 6 heteroatoms. The van der Waals surface area contributed by atoms with Crippen LogP contribution < -0.4 is 10.6 Å². The summed E-state index contributed by atoms with van der Waals surface area (Å²) < 4.78 is 5.25. The quantitative estimate of drug-likeness (QED) is 0.576. The van der Waals surface area contributed by atoms with Crippen LogP contribution in [0.5, 0.6) is 0 Å². The maximum Gasteiger partial charge on any atom is 0.329 e. The predicted molar refractivity (Wildman–Crippen MR) is 118 cm³/mol. The lowest BCUT2D eigenvalue weighted by Gasteiger charge is -2.22. The number of benzene rings is 2. The lowest BCUT2D eigenvalue weighted by atomic mass is 10.0. The van der Waals surface area contributed by atoms with Crippen molar-refractivity contribution in [3.63, 3.8) is 0 Å². The Labute approximate surface area is 183 Å². The molecule has 0 radical (unpaired) electrons. The van der Waals surface area contributed by atoms with E-state index in [4.69, 9.17) is 4.74 Å². The molecule has 2 amide bonds. The van der Waals surface area contributed by atoms with Gasteiger partial charge >= 0.3 is 5.97 Å². The predicted octanol–water partition coefficient (Wildman–Crippen LogP) is 3.18. The van der Waals surface area contributed by atoms with Crippen LogP contribution in [0.15, 0.2) is 60.7 Å². The summed E-state index contributed by atoms with van der Waals surface area (Å²) in [6.45, 7) is 3.29. The minimum Gasteiger partial charge on any atom is -0.454 e. The van der Waals surface area contributed by atoms with Crippen molar-refractivity contribution in [1.82, 2.24) is 10.6 Å². The number of amides is 2. The molecule has 0 aliphatic heterocycles. The van der Waals surface area contributed by atoms with Crippen LogP contribution in [0, 0.1) is 11.8 Å². The summed E-state index contributed by atoms with van der Waals surface area (Å²) in [5.74, 6) is -0.952. The molecule has 31 heavy (non-hydrogen) atoms. The van der Waals surface area contributed by atoms with E-state index < -0.39 is 12.0 Å². The van der Waals surface area contributed by atoms with Gasteiger partial charge in [0.05, 0.1) is 12.5 Å². The molecule has 2 aromatic rings. The molecule has 1 unspecified atom stereocenters. The third-order valence-corrected chi connectivity index (χ3v) is 5.36. The molecule has 164 valence electrons. The van der Waals surface area contributed by atoms with Crippen molar-refractivity contribution in [2.24, 2.45) is 11.8 Å². The Hall–Kier alpha value is -3.15. The molecule has 6 nitrogen and oxygen atoms in total. The first-order chi connectivity index (χ1) is 14.9. The van der Waals surface area contributed by atoms with Crippen molar-refractivity contribution in [2.75, 3.05) is 6.61 Å². The van der Waals surface area contributed by atoms with Gasteiger partial charge in [-0.1, -0.05) is 74.5 Å². The number of hydrogen-bond acceptors (Lipinski definition) is 4. The standard InChI is InChI=1S/C25H30N2O4/c1-17(2)23(26-21(28)15-18-9-5-3-6-10-18)25(30)31-16-22(29)27-24(20-13-14-20)19-11-7-4-8-12-19/h3-12,17,20,23-24H,13-16H2,1-2H3,(H,26,28)(H,27,29)/t23-,24?/m0/s1. The van der Waals surface area contributed by atoms with Crippen LogP contribution in [0.1, 0.15) is 43.9 Å². The van der Waals surface area contributed by atoms with E-state index in [1.54, 1.807) is 0 Å². The molecule has 0 heterocycles. The number of esters is 1. The van der Waals surface area contributed by atoms with E-state index >= 15 is 0 Å². The number of rotatable bonds is 10. The fraction of sp³-hybridized carbons (Fsp3) is 0.400. The summed E-state index contributed by atoms with van der Waals surface area (Å²) >= 11 is 0. The average Bonchev–Trinajstić information content (AvgIpc) is 3.60. The first kappa shape index (κ1) is 22.5. The molecule has 2 N–H and O–H groups in total. The average molecular weight is 423 g/mol. The number of hydrogen-bond donors (Lipinski definition) is 2. The normalized spacial score (nSPS) is 15.1. The zero-order valence-corrected chi connectivity index (χ0v) is 18.0. The third-order valence-electron chi connectivity index (χ3n) is 5.36. The Kier molecular flexibility index (Phi) is 7.82. The van der Waals surface area contributed by atoms with Crippen molar-refractivity contribution in [2.45, 2.75) is 45.2 Å². The molecule has 0 bridgehead atoms. The van der Waals surface area contributed by atoms with Gasteiger partial charge in [0.15, 0.2) is 6.61 Å². The summed E-state index contributed by atoms with van der Waals surface area (Å²) in [7, 11) is 0. The van der Waals surface area contributed by atoms with Crippen LogP contribution in [0.25, 0.3) is 0 Å². The monoisotopic (exact) mass is 422 g/mol. The van der Waals surface area contributed by atoms with Crippen molar-refractivity contribution in [3.05, 3.63) is 71.8 Å². The van der Waals surface area contributed by atoms with Crippen molar-refractivity contribution in [3.8, 4) is 0 Å². The maximum absolute atomic E-state index is 12.6. The first-order valence-corrected chi connectivity index (χ1v) is 10.8.